The fourth-order valence-electron chi connectivity index (χ4n) is 15.4. The number of carbonyl (C=O) groups excluding carboxylic acids is 4. The number of aromatic carboxylic acids is 2. The number of aryl methyl sites for hydroxylation is 2. The smallest absolute Gasteiger partial charge is 0.337 e. The number of pyridine rings is 2. The Kier molecular flexibility index (Phi) is 24.4. The van der Waals surface area contributed by atoms with Crippen LogP contribution in [0.5, 0.6) is 0 Å². The van der Waals surface area contributed by atoms with Crippen molar-refractivity contribution >= 4 is 219 Å². The minimum absolute atomic E-state index is 0.0371. The van der Waals surface area contributed by atoms with Crippen molar-refractivity contribution in [2.45, 2.75) is 39.2 Å². The standard InChI is InChI=1S/C82H58N16O34S8/c1-97-55-23-21-47(63-65(55)61(41-13-3-5-15-43(41)71(63)101)67(73(97)103)69(99)35-9-7-11-37(27-35)133(109,110)111)85-51-31-53(59(139(127,128)129)33-57(51)137(121,122)123)89-81-93-77(91-79(95-81)87-49-29-39(135(115,116)117)17-19-45(49)75(105)106)83-25-26-84-78-92-80(88-50-30-40(136(118,119)120)18-20-46(50)76(107)108)96-82(94-78)90-54-32-52(58(138(124,125)126)34-60(54)140(130,131)132)86-48-22-24-56-66-62(42-14-4-6-16-44(42)72(102)64(48)66)68(74(104)98(56)2)70(100)36-10-8-12-38(28-36)134(112,113)114/h3-24,27-34,85-86H,25-26H2,1-2H3,(H,105,106)(H,107,108)(H,109,110,111)(H,112,113,114)(H,115,116,117)(H,118,119,120)(H,121,122,123)(H,124,125,126)(H,127,128,129)(H,130,131,132)(H3,83,87,89,91,93,95)(H3,84,88,90,92,94,96). The third-order valence-corrected chi connectivity index (χ3v) is 28.5. The predicted octanol–water partition coefficient (Wildman–Crippen LogP) is 8.00. The van der Waals surface area contributed by atoms with Crippen LogP contribution in [0.4, 0.5) is 81.2 Å². The number of fused-ring (bicyclic) bond motifs is 4. The van der Waals surface area contributed by atoms with Crippen LogP contribution in [-0.4, -0.2) is 201 Å². The SMILES string of the molecule is Cn1c(=O)c(C(=O)c2cccc(S(=O)(=O)O)c2)c2c3c(c(Nc4cc(Nc5nc(NCCNc6nc(Nc7cc(S(=O)(=O)O)ccc7C(=O)O)nc(Nc7cc(Nc8ccc9c%10c8C(=O)c8ccccc8-c%10c(C(=O)c8cccc(S(=O)(=O)O)c8)c(=O)n9C)c(S(=O)(=O)O)cc7S(=O)(=O)O)n6)nc(Nc6cc(S(=O)(=O)O)ccc6C(=O)O)n5)c(S(=O)(=O)O)cc4S(=O)(=O)O)ccc31)C(=O)c1ccccc1-2. The molecule has 18 N–H and O–H groups in total. The second kappa shape index (κ2) is 35.2. The predicted molar refractivity (Wildman–Crippen MR) is 490 cm³/mol. The van der Waals surface area contributed by atoms with Crippen molar-refractivity contribution in [3.05, 3.63) is 258 Å². The number of carboxylic acid groups (broad SMARTS) is 2. The van der Waals surface area contributed by atoms with Gasteiger partial charge in [0.05, 0.1) is 109 Å². The molecule has 10 aromatic carbocycles. The number of ketones is 4. The Balaban J connectivity index is 0.792. The van der Waals surface area contributed by atoms with Crippen LogP contribution in [0, 0.1) is 0 Å². The Morgan fingerprint density at radius 1 is 0.293 bits per heavy atom. The van der Waals surface area contributed by atoms with Gasteiger partial charge >= 0.3 is 11.9 Å². The summed E-state index contributed by atoms with van der Waals surface area (Å²) in [5.41, 5.74) is -14.0. The fourth-order valence-corrected chi connectivity index (χ4v) is 20.3. The van der Waals surface area contributed by atoms with Gasteiger partial charge < -0.3 is 61.9 Å². The Labute approximate surface area is 785 Å². The van der Waals surface area contributed by atoms with E-state index in [0.717, 1.165) is 69.8 Å². The lowest BCUT2D eigenvalue weighted by atomic mass is 9.80. The molecule has 16 rings (SSSR count). The second-order valence-electron chi connectivity index (χ2n) is 30.2. The van der Waals surface area contributed by atoms with E-state index in [9.17, 15) is 143 Å². The Bertz CT molecular complexity index is 8630. The van der Waals surface area contributed by atoms with Gasteiger partial charge in [-0.1, -0.05) is 72.8 Å². The maximum atomic E-state index is 15.1. The molecule has 0 unspecified atom stereocenters. The lowest BCUT2D eigenvalue weighted by Gasteiger charge is -2.26. The van der Waals surface area contributed by atoms with Gasteiger partial charge in [0.15, 0.2) is 23.1 Å². The molecule has 140 heavy (non-hydrogen) atoms. The van der Waals surface area contributed by atoms with E-state index in [0.29, 0.717) is 48.5 Å². The van der Waals surface area contributed by atoms with Crippen LogP contribution in [0.15, 0.2) is 231 Å². The number of rotatable bonds is 31. The summed E-state index contributed by atoms with van der Waals surface area (Å²) in [5.74, 6) is -12.8. The molecule has 2 aliphatic carbocycles. The van der Waals surface area contributed by atoms with Gasteiger partial charge in [-0.25, -0.2) is 9.59 Å². The topological polar surface area (TPSA) is 795 Å². The second-order valence-corrected chi connectivity index (χ2v) is 41.4. The summed E-state index contributed by atoms with van der Waals surface area (Å²) in [4.78, 5) is 130. The number of carboxylic acids is 2. The maximum absolute atomic E-state index is 15.1. The molecular formula is C82H58N16O34S8. The minimum atomic E-state index is -5.81. The van der Waals surface area contributed by atoms with Crippen LogP contribution < -0.4 is 53.7 Å². The molecule has 0 amide bonds. The molecule has 4 aromatic heterocycles. The molecule has 0 saturated carbocycles. The van der Waals surface area contributed by atoms with E-state index >= 15 is 9.59 Å². The largest absolute Gasteiger partial charge is 0.478 e. The molecule has 718 valence electrons. The Hall–Kier alpha value is -16.1. The van der Waals surface area contributed by atoms with Gasteiger partial charge in [0.2, 0.25) is 35.7 Å². The van der Waals surface area contributed by atoms with E-state index in [2.05, 4.69) is 72.4 Å². The lowest BCUT2D eigenvalue weighted by Crippen LogP contribution is -2.29. The molecule has 4 heterocycles. The molecule has 0 atom stereocenters. The van der Waals surface area contributed by atoms with Crippen LogP contribution in [-0.2, 0) is 95.0 Å². The van der Waals surface area contributed by atoms with Gasteiger partial charge in [0, 0.05) is 71.3 Å². The highest BCUT2D eigenvalue weighted by Crippen LogP contribution is 2.49. The summed E-state index contributed by atoms with van der Waals surface area (Å²) >= 11 is 0. The normalized spacial score (nSPS) is 12.7. The van der Waals surface area contributed by atoms with Crippen LogP contribution in [0.1, 0.15) is 84.4 Å². The number of hydrogen-bond acceptors (Lipinski definition) is 38. The van der Waals surface area contributed by atoms with Crippen LogP contribution in [0.3, 0.4) is 0 Å². The molecule has 14 aromatic rings. The van der Waals surface area contributed by atoms with Crippen molar-refractivity contribution in [2.24, 2.45) is 14.1 Å². The molecule has 0 aliphatic heterocycles. The van der Waals surface area contributed by atoms with Crippen molar-refractivity contribution in [1.29, 1.82) is 0 Å². The summed E-state index contributed by atoms with van der Waals surface area (Å²) in [6, 6.07) is 28.8. The quantitative estimate of drug-likeness (QED) is 0.0111. The van der Waals surface area contributed by atoms with E-state index in [-0.39, 0.29) is 67.3 Å². The highest BCUT2D eigenvalue weighted by atomic mass is 32.2. The van der Waals surface area contributed by atoms with Crippen molar-refractivity contribution < 1.29 is 143 Å². The summed E-state index contributed by atoms with van der Waals surface area (Å²) in [5, 5.41) is 40.5. The highest BCUT2D eigenvalue weighted by Gasteiger charge is 2.40. The third-order valence-electron chi connectivity index (χ3n) is 21.5. The Morgan fingerprint density at radius 3 is 0.893 bits per heavy atom. The van der Waals surface area contributed by atoms with E-state index in [1.165, 1.54) is 74.8 Å². The first-order chi connectivity index (χ1) is 65.4. The van der Waals surface area contributed by atoms with E-state index in [4.69, 9.17) is 0 Å². The summed E-state index contributed by atoms with van der Waals surface area (Å²) in [6.45, 7) is -1.25. The number of nitrogens with zero attached hydrogens (tertiary/aromatic N) is 8. The van der Waals surface area contributed by atoms with Gasteiger partial charge in [0.25, 0.3) is 92.1 Å². The molecular weight excluding hydrogens is 2010 g/mol. The van der Waals surface area contributed by atoms with Crippen molar-refractivity contribution in [1.82, 2.24) is 39.0 Å². The van der Waals surface area contributed by atoms with Gasteiger partial charge in [0.1, 0.15) is 19.6 Å². The zero-order chi connectivity index (χ0) is 101. The Morgan fingerprint density at radius 2 is 0.586 bits per heavy atom. The number of aromatic nitrogens is 8. The monoisotopic (exact) mass is 2070 g/mol. The van der Waals surface area contributed by atoms with Gasteiger partial charge in [-0.2, -0.15) is 97.2 Å². The maximum Gasteiger partial charge on any atom is 0.337 e. The number of hydrogen-bond donors (Lipinski definition) is 18. The third kappa shape index (κ3) is 18.7. The highest BCUT2D eigenvalue weighted by molar-refractivity contribution is 7.88. The number of anilines is 14. The summed E-state index contributed by atoms with van der Waals surface area (Å²) in [7, 11) is -41.1. The zero-order valence-corrected chi connectivity index (χ0v) is 76.4. The fraction of sp³-hybridized carbons (Fsp3) is 0.0488. The first kappa shape index (κ1) is 97.0. The number of nitrogens with one attached hydrogen (secondary N) is 8. The van der Waals surface area contributed by atoms with Gasteiger partial charge in [-0.15, -0.1) is 0 Å². The van der Waals surface area contributed by atoms with E-state index in [1.54, 1.807) is 0 Å². The van der Waals surface area contributed by atoms with Crippen LogP contribution >= 0.6 is 0 Å². The van der Waals surface area contributed by atoms with Gasteiger partial charge in [-0.3, -0.25) is 65.2 Å². The van der Waals surface area contributed by atoms with E-state index in [1.807, 2.05) is 0 Å². The van der Waals surface area contributed by atoms with Crippen molar-refractivity contribution in [3.63, 3.8) is 0 Å². The summed E-state index contributed by atoms with van der Waals surface area (Å²) in [6.07, 6.45) is 0. The average Bonchev–Trinajstić information content (AvgIpc) is 0.706. The zero-order valence-electron chi connectivity index (χ0n) is 69.8. The molecule has 0 bridgehead atoms. The van der Waals surface area contributed by atoms with Crippen LogP contribution in [0.2, 0.25) is 0 Å². The van der Waals surface area contributed by atoms with Crippen molar-refractivity contribution in [3.8, 4) is 22.3 Å². The minimum Gasteiger partial charge on any atom is -0.478 e. The molecule has 0 fully saturated rings. The number of benzene rings is 10. The van der Waals surface area contributed by atoms with Crippen molar-refractivity contribution in [2.75, 3.05) is 55.6 Å². The average molecular weight is 2070 g/mol. The molecule has 0 radical (unpaired) electrons. The number of carbonyl (C=O) groups is 6. The first-order valence-corrected chi connectivity index (χ1v) is 50.4. The first-order valence-electron chi connectivity index (χ1n) is 38.9. The lowest BCUT2D eigenvalue weighted by molar-refractivity contribution is 0.0687. The molecule has 0 saturated heterocycles. The molecule has 0 spiro atoms. The molecule has 50 nitrogen and oxygen atoms in total. The molecule has 2 aliphatic rings. The molecule has 58 heteroatoms. The van der Waals surface area contributed by atoms with E-state index < -0.39 is 305 Å². The van der Waals surface area contributed by atoms with Gasteiger partial charge in [-0.05, 0) is 120 Å². The van der Waals surface area contributed by atoms with Crippen LogP contribution in [0.25, 0.3) is 44.1 Å². The summed E-state index contributed by atoms with van der Waals surface area (Å²) < 4.78 is 294.